The van der Waals surface area contributed by atoms with Gasteiger partial charge >= 0.3 is 0 Å². The fourth-order valence-electron chi connectivity index (χ4n) is 5.51. The van der Waals surface area contributed by atoms with E-state index in [9.17, 15) is 14.4 Å². The summed E-state index contributed by atoms with van der Waals surface area (Å²) < 4.78 is 0. The van der Waals surface area contributed by atoms with Crippen molar-refractivity contribution in [1.29, 1.82) is 0 Å². The summed E-state index contributed by atoms with van der Waals surface area (Å²) in [6, 6.07) is 12.1. The van der Waals surface area contributed by atoms with Gasteiger partial charge in [0.25, 0.3) is 11.1 Å². The summed E-state index contributed by atoms with van der Waals surface area (Å²) in [4.78, 5) is 42.0. The van der Waals surface area contributed by atoms with Gasteiger partial charge in [-0.3, -0.25) is 19.3 Å². The average molecular weight is 506 g/mol. The monoisotopic (exact) mass is 505 g/mol. The van der Waals surface area contributed by atoms with E-state index >= 15 is 0 Å². The minimum absolute atomic E-state index is 0.0519. The van der Waals surface area contributed by atoms with Gasteiger partial charge in [0.2, 0.25) is 5.91 Å². The molecule has 6 nitrogen and oxygen atoms in total. The average Bonchev–Trinajstić information content (AvgIpc) is 3.03. The van der Waals surface area contributed by atoms with Crippen LogP contribution in [-0.4, -0.2) is 40.1 Å². The van der Waals surface area contributed by atoms with Crippen LogP contribution in [0.1, 0.15) is 69.2 Å². The predicted molar refractivity (Wildman–Crippen MR) is 148 cm³/mol. The summed E-state index contributed by atoms with van der Waals surface area (Å²) in [6.07, 6.45) is 2.83. The summed E-state index contributed by atoms with van der Waals surface area (Å²) in [7, 11) is 0. The molecule has 4 rings (SSSR count). The number of nitrogens with one attached hydrogen (secondary N) is 1. The Bertz CT molecular complexity index is 1250. The Labute approximate surface area is 218 Å². The van der Waals surface area contributed by atoms with Crippen molar-refractivity contribution in [1.82, 2.24) is 4.90 Å². The van der Waals surface area contributed by atoms with Crippen LogP contribution in [0.5, 0.6) is 0 Å². The zero-order chi connectivity index (χ0) is 26.4. The zero-order valence-electron chi connectivity index (χ0n) is 22.1. The first-order chi connectivity index (χ1) is 16.9. The SMILES string of the molecule is Cc1ccc(NC(=O)CN2C(=O)S/C(=C\c3cc4c(cc3C)N(C(C)C)C(C)(C)C[C@@H]4C)C2=O)cc1. The van der Waals surface area contributed by atoms with Crippen LogP contribution in [0.4, 0.5) is 16.2 Å². The maximum absolute atomic E-state index is 13.1. The summed E-state index contributed by atoms with van der Waals surface area (Å²) in [5, 5.41) is 2.32. The Balaban J connectivity index is 1.56. The Hall–Kier alpha value is -3.06. The number of imide groups is 1. The molecule has 2 heterocycles. The van der Waals surface area contributed by atoms with Crippen molar-refractivity contribution in [2.75, 3.05) is 16.8 Å². The number of hydrogen-bond donors (Lipinski definition) is 1. The number of nitrogens with zero attached hydrogens (tertiary/aromatic N) is 2. The maximum Gasteiger partial charge on any atom is 0.294 e. The molecule has 7 heteroatoms. The van der Waals surface area contributed by atoms with E-state index in [1.807, 2.05) is 26.0 Å². The summed E-state index contributed by atoms with van der Waals surface area (Å²) >= 11 is 0.887. The minimum Gasteiger partial charge on any atom is -0.364 e. The molecular weight excluding hydrogens is 470 g/mol. The van der Waals surface area contributed by atoms with Crippen molar-refractivity contribution in [2.45, 2.75) is 72.4 Å². The normalized spacial score (nSPS) is 20.3. The fraction of sp³-hybridized carbons (Fsp3) is 0.414. The molecular formula is C29H35N3O3S. The Morgan fingerprint density at radius 1 is 1.17 bits per heavy atom. The van der Waals surface area contributed by atoms with Gasteiger partial charge in [0, 0.05) is 23.0 Å². The van der Waals surface area contributed by atoms with Gasteiger partial charge in [-0.15, -0.1) is 0 Å². The van der Waals surface area contributed by atoms with E-state index < -0.39 is 17.1 Å². The van der Waals surface area contributed by atoms with Crippen molar-refractivity contribution in [2.24, 2.45) is 0 Å². The number of fused-ring (bicyclic) bond motifs is 1. The number of thioether (sulfide) groups is 1. The summed E-state index contributed by atoms with van der Waals surface area (Å²) in [6.45, 7) is 15.0. The van der Waals surface area contributed by atoms with Gasteiger partial charge in [0.15, 0.2) is 0 Å². The lowest BCUT2D eigenvalue weighted by molar-refractivity contribution is -0.127. The maximum atomic E-state index is 13.1. The van der Waals surface area contributed by atoms with Crippen molar-refractivity contribution >= 4 is 46.3 Å². The van der Waals surface area contributed by atoms with Gasteiger partial charge in [-0.05, 0) is 113 Å². The Kier molecular flexibility index (Phi) is 7.06. The minimum atomic E-state index is -0.431. The van der Waals surface area contributed by atoms with E-state index in [4.69, 9.17) is 0 Å². The van der Waals surface area contributed by atoms with E-state index in [-0.39, 0.29) is 12.1 Å². The van der Waals surface area contributed by atoms with Crippen molar-refractivity contribution < 1.29 is 14.4 Å². The number of carbonyl (C=O) groups is 3. The highest BCUT2D eigenvalue weighted by atomic mass is 32.2. The van der Waals surface area contributed by atoms with Crippen molar-refractivity contribution in [3.63, 3.8) is 0 Å². The molecule has 0 unspecified atom stereocenters. The smallest absolute Gasteiger partial charge is 0.294 e. The van der Waals surface area contributed by atoms with Crippen LogP contribution in [-0.2, 0) is 9.59 Å². The Morgan fingerprint density at radius 3 is 2.47 bits per heavy atom. The quantitative estimate of drug-likeness (QED) is 0.471. The highest BCUT2D eigenvalue weighted by Gasteiger charge is 2.39. The van der Waals surface area contributed by atoms with Crippen LogP contribution in [0.3, 0.4) is 0 Å². The van der Waals surface area contributed by atoms with Crippen LogP contribution in [0, 0.1) is 13.8 Å². The molecule has 0 radical (unpaired) electrons. The van der Waals surface area contributed by atoms with Crippen LogP contribution in [0.25, 0.3) is 6.08 Å². The number of hydrogen-bond acceptors (Lipinski definition) is 5. The second-order valence-corrected chi connectivity index (χ2v) is 11.8. The molecule has 2 aromatic rings. The third-order valence-electron chi connectivity index (χ3n) is 6.98. The number of carbonyl (C=O) groups excluding carboxylic acids is 3. The molecule has 1 N–H and O–H groups in total. The van der Waals surface area contributed by atoms with Gasteiger partial charge in [-0.25, -0.2) is 0 Å². The molecule has 190 valence electrons. The van der Waals surface area contributed by atoms with Crippen LogP contribution in [0.15, 0.2) is 41.3 Å². The molecule has 1 fully saturated rings. The topological polar surface area (TPSA) is 69.7 Å². The first-order valence-corrected chi connectivity index (χ1v) is 13.2. The van der Waals surface area contributed by atoms with Gasteiger partial charge in [-0.2, -0.15) is 0 Å². The van der Waals surface area contributed by atoms with Crippen LogP contribution >= 0.6 is 11.8 Å². The number of rotatable bonds is 5. The molecule has 1 atom stereocenters. The summed E-state index contributed by atoms with van der Waals surface area (Å²) in [5.41, 5.74) is 6.24. The molecule has 0 aromatic heterocycles. The number of amides is 3. The van der Waals surface area contributed by atoms with E-state index in [0.717, 1.165) is 39.8 Å². The fourth-order valence-corrected chi connectivity index (χ4v) is 6.33. The van der Waals surface area contributed by atoms with E-state index in [1.165, 1.54) is 11.3 Å². The molecule has 0 bridgehead atoms. The van der Waals surface area contributed by atoms with Gasteiger partial charge in [0.1, 0.15) is 6.54 Å². The lowest BCUT2D eigenvalue weighted by Gasteiger charge is -2.50. The van der Waals surface area contributed by atoms with Gasteiger partial charge in [0.05, 0.1) is 4.91 Å². The molecule has 36 heavy (non-hydrogen) atoms. The molecule has 1 saturated heterocycles. The summed E-state index contributed by atoms with van der Waals surface area (Å²) in [5.74, 6) is -0.463. The highest BCUT2D eigenvalue weighted by Crippen LogP contribution is 2.46. The Morgan fingerprint density at radius 2 is 1.83 bits per heavy atom. The number of aryl methyl sites for hydroxylation is 2. The third kappa shape index (κ3) is 5.07. The van der Waals surface area contributed by atoms with Crippen LogP contribution < -0.4 is 10.2 Å². The zero-order valence-corrected chi connectivity index (χ0v) is 23.0. The molecule has 0 aliphatic carbocycles. The second-order valence-electron chi connectivity index (χ2n) is 10.8. The third-order valence-corrected chi connectivity index (χ3v) is 7.88. The molecule has 0 saturated carbocycles. The van der Waals surface area contributed by atoms with Crippen molar-refractivity contribution in [3.8, 4) is 0 Å². The molecule has 2 aromatic carbocycles. The lowest BCUT2D eigenvalue weighted by Crippen LogP contribution is -2.51. The van der Waals surface area contributed by atoms with E-state index in [0.29, 0.717) is 22.6 Å². The predicted octanol–water partition coefficient (Wildman–Crippen LogP) is 6.48. The van der Waals surface area contributed by atoms with E-state index in [2.05, 4.69) is 57.0 Å². The molecule has 3 amide bonds. The first kappa shape index (κ1) is 26.0. The number of benzene rings is 2. The van der Waals surface area contributed by atoms with Crippen LogP contribution in [0.2, 0.25) is 0 Å². The largest absolute Gasteiger partial charge is 0.364 e. The first-order valence-electron chi connectivity index (χ1n) is 12.4. The van der Waals surface area contributed by atoms with Gasteiger partial charge < -0.3 is 10.2 Å². The highest BCUT2D eigenvalue weighted by molar-refractivity contribution is 8.18. The standard InChI is InChI=1S/C29H35N3O3S/c1-17(2)32-24-12-19(4)21(13-23(24)20(5)15-29(32,6)7)14-25-27(34)31(28(35)36-25)16-26(33)30-22-10-8-18(3)9-11-22/h8-14,17,20H,15-16H2,1-7H3,(H,30,33)/b25-14-/t20-/m0/s1. The lowest BCUT2D eigenvalue weighted by atomic mass is 9.78. The second kappa shape index (κ2) is 9.77. The molecule has 0 spiro atoms. The number of anilines is 2. The molecule has 2 aliphatic rings. The van der Waals surface area contributed by atoms with E-state index in [1.54, 1.807) is 18.2 Å². The van der Waals surface area contributed by atoms with Crippen molar-refractivity contribution in [3.05, 3.63) is 63.6 Å². The molecule has 2 aliphatic heterocycles. The van der Waals surface area contributed by atoms with Gasteiger partial charge in [-0.1, -0.05) is 24.6 Å².